The van der Waals surface area contributed by atoms with Gasteiger partial charge in [0.2, 0.25) is 0 Å². The molecule has 1 aromatic heterocycles. The molecule has 0 saturated heterocycles. The van der Waals surface area contributed by atoms with Crippen LogP contribution in [-0.4, -0.2) is 16.1 Å². The van der Waals surface area contributed by atoms with E-state index >= 15 is 0 Å². The number of nitrogens with zero attached hydrogens (tertiary/aromatic N) is 2. The summed E-state index contributed by atoms with van der Waals surface area (Å²) in [5, 5.41) is 0. The molecule has 4 heteroatoms. The Morgan fingerprint density at radius 1 is 1.26 bits per heavy atom. The van der Waals surface area contributed by atoms with E-state index in [2.05, 4.69) is 43.7 Å². The van der Waals surface area contributed by atoms with Crippen molar-refractivity contribution in [2.45, 2.75) is 31.2 Å². The molecular weight excluding hydrogens is 302 g/mol. The van der Waals surface area contributed by atoms with Gasteiger partial charge in [0, 0.05) is 16.6 Å². The van der Waals surface area contributed by atoms with Crippen LogP contribution in [-0.2, 0) is 5.54 Å². The zero-order chi connectivity index (χ0) is 13.3. The highest BCUT2D eigenvalue weighted by Gasteiger charge is 2.35. The Bertz CT molecular complexity index is 570. The SMILES string of the molecule is NCC1(n2cncc2-c2ccccc2Br)CCCC1. The molecule has 0 unspecified atom stereocenters. The second-order valence-corrected chi connectivity index (χ2v) is 6.12. The molecular formula is C15H18BrN3. The van der Waals surface area contributed by atoms with Crippen molar-refractivity contribution in [1.82, 2.24) is 9.55 Å². The van der Waals surface area contributed by atoms with Crippen molar-refractivity contribution >= 4 is 15.9 Å². The van der Waals surface area contributed by atoms with Gasteiger partial charge in [-0.3, -0.25) is 0 Å². The normalized spacial score (nSPS) is 17.8. The minimum absolute atomic E-state index is 0.0567. The fourth-order valence-electron chi connectivity index (χ4n) is 3.12. The fourth-order valence-corrected chi connectivity index (χ4v) is 3.61. The molecule has 3 nitrogen and oxygen atoms in total. The molecule has 1 aliphatic rings. The van der Waals surface area contributed by atoms with E-state index in [9.17, 15) is 0 Å². The van der Waals surface area contributed by atoms with E-state index in [1.54, 1.807) is 0 Å². The van der Waals surface area contributed by atoms with Crippen LogP contribution in [0.15, 0.2) is 41.3 Å². The molecule has 2 aromatic rings. The van der Waals surface area contributed by atoms with Crippen molar-refractivity contribution in [3.05, 3.63) is 41.3 Å². The van der Waals surface area contributed by atoms with Gasteiger partial charge in [-0.15, -0.1) is 0 Å². The van der Waals surface area contributed by atoms with Gasteiger partial charge in [0.15, 0.2) is 0 Å². The molecule has 0 radical (unpaired) electrons. The number of aromatic nitrogens is 2. The summed E-state index contributed by atoms with van der Waals surface area (Å²) in [6, 6.07) is 8.27. The number of hydrogen-bond donors (Lipinski definition) is 1. The van der Waals surface area contributed by atoms with Gasteiger partial charge in [-0.25, -0.2) is 4.98 Å². The Hall–Kier alpha value is -1.13. The smallest absolute Gasteiger partial charge is 0.0956 e. The molecule has 3 rings (SSSR count). The van der Waals surface area contributed by atoms with Crippen LogP contribution in [0.5, 0.6) is 0 Å². The highest BCUT2D eigenvalue weighted by Crippen LogP contribution is 2.39. The Morgan fingerprint density at radius 2 is 2.00 bits per heavy atom. The van der Waals surface area contributed by atoms with Gasteiger partial charge >= 0.3 is 0 Å². The third-order valence-corrected chi connectivity index (χ3v) is 4.91. The van der Waals surface area contributed by atoms with Gasteiger partial charge in [-0.1, -0.05) is 47.0 Å². The van der Waals surface area contributed by atoms with Gasteiger partial charge in [-0.05, 0) is 18.9 Å². The number of benzene rings is 1. The molecule has 1 aliphatic carbocycles. The van der Waals surface area contributed by atoms with E-state index in [-0.39, 0.29) is 5.54 Å². The van der Waals surface area contributed by atoms with Gasteiger partial charge in [-0.2, -0.15) is 0 Å². The number of nitrogens with two attached hydrogens (primary N) is 1. The first-order chi connectivity index (χ1) is 9.27. The lowest BCUT2D eigenvalue weighted by molar-refractivity contribution is 0.307. The quantitative estimate of drug-likeness (QED) is 0.940. The van der Waals surface area contributed by atoms with E-state index in [0.717, 1.165) is 23.0 Å². The highest BCUT2D eigenvalue weighted by atomic mass is 79.9. The summed E-state index contributed by atoms with van der Waals surface area (Å²) in [4.78, 5) is 4.36. The standard InChI is InChI=1S/C15H18BrN3/c16-13-6-2-1-5-12(13)14-9-18-11-19(14)15(10-17)7-3-4-8-15/h1-2,5-6,9,11H,3-4,7-8,10,17H2. The van der Waals surface area contributed by atoms with Gasteiger partial charge < -0.3 is 10.3 Å². The zero-order valence-electron chi connectivity index (χ0n) is 10.8. The second kappa shape index (κ2) is 5.10. The van der Waals surface area contributed by atoms with Crippen LogP contribution in [0.3, 0.4) is 0 Å². The summed E-state index contributed by atoms with van der Waals surface area (Å²) < 4.78 is 3.39. The Balaban J connectivity index is 2.11. The third-order valence-electron chi connectivity index (χ3n) is 4.21. The average Bonchev–Trinajstić information content (AvgIpc) is 3.08. The van der Waals surface area contributed by atoms with E-state index < -0.39 is 0 Å². The highest BCUT2D eigenvalue weighted by molar-refractivity contribution is 9.10. The summed E-state index contributed by atoms with van der Waals surface area (Å²) in [5.74, 6) is 0. The van der Waals surface area contributed by atoms with Crippen LogP contribution in [0.25, 0.3) is 11.3 Å². The summed E-state index contributed by atoms with van der Waals surface area (Å²) in [6.07, 6.45) is 8.69. The average molecular weight is 320 g/mol. The van der Waals surface area contributed by atoms with E-state index in [1.165, 1.54) is 18.4 Å². The minimum Gasteiger partial charge on any atom is -0.328 e. The summed E-state index contributed by atoms with van der Waals surface area (Å²) in [6.45, 7) is 0.681. The maximum atomic E-state index is 6.08. The molecule has 0 bridgehead atoms. The maximum absolute atomic E-state index is 6.08. The number of hydrogen-bond acceptors (Lipinski definition) is 2. The van der Waals surface area contributed by atoms with Gasteiger partial charge in [0.1, 0.15) is 0 Å². The number of halogens is 1. The largest absolute Gasteiger partial charge is 0.328 e. The molecule has 1 heterocycles. The maximum Gasteiger partial charge on any atom is 0.0956 e. The number of rotatable bonds is 3. The Labute approximate surface area is 122 Å². The van der Waals surface area contributed by atoms with E-state index in [0.29, 0.717) is 6.54 Å². The van der Waals surface area contributed by atoms with Crippen molar-refractivity contribution < 1.29 is 0 Å². The predicted molar refractivity (Wildman–Crippen MR) is 80.9 cm³/mol. The van der Waals surface area contributed by atoms with Crippen LogP contribution >= 0.6 is 15.9 Å². The lowest BCUT2D eigenvalue weighted by Crippen LogP contribution is -2.38. The summed E-state index contributed by atoms with van der Waals surface area (Å²) in [7, 11) is 0. The molecule has 1 saturated carbocycles. The molecule has 100 valence electrons. The molecule has 0 amide bonds. The molecule has 1 aromatic carbocycles. The van der Waals surface area contributed by atoms with Crippen LogP contribution in [0.2, 0.25) is 0 Å². The molecule has 1 fully saturated rings. The molecule has 2 N–H and O–H groups in total. The van der Waals surface area contributed by atoms with Crippen molar-refractivity contribution in [3.63, 3.8) is 0 Å². The van der Waals surface area contributed by atoms with Crippen molar-refractivity contribution in [1.29, 1.82) is 0 Å². The first kappa shape index (κ1) is 12.9. The summed E-state index contributed by atoms with van der Waals surface area (Å²) >= 11 is 3.63. The lowest BCUT2D eigenvalue weighted by Gasteiger charge is -2.31. The Morgan fingerprint density at radius 3 is 2.68 bits per heavy atom. The van der Waals surface area contributed by atoms with Crippen molar-refractivity contribution in [2.24, 2.45) is 5.73 Å². The predicted octanol–water partition coefficient (Wildman–Crippen LogP) is 3.54. The Kier molecular flexibility index (Phi) is 3.46. The molecule has 0 spiro atoms. The third kappa shape index (κ3) is 2.13. The van der Waals surface area contributed by atoms with E-state index in [4.69, 9.17) is 5.73 Å². The van der Waals surface area contributed by atoms with Crippen LogP contribution in [0.4, 0.5) is 0 Å². The fraction of sp³-hybridized carbons (Fsp3) is 0.400. The molecule has 0 atom stereocenters. The second-order valence-electron chi connectivity index (χ2n) is 5.26. The first-order valence-corrected chi connectivity index (χ1v) is 7.54. The topological polar surface area (TPSA) is 43.8 Å². The molecule has 0 aliphatic heterocycles. The lowest BCUT2D eigenvalue weighted by atomic mass is 9.96. The zero-order valence-corrected chi connectivity index (χ0v) is 12.4. The van der Waals surface area contributed by atoms with Gasteiger partial charge in [0.25, 0.3) is 0 Å². The minimum atomic E-state index is 0.0567. The van der Waals surface area contributed by atoms with Crippen molar-refractivity contribution in [3.8, 4) is 11.3 Å². The molecule has 19 heavy (non-hydrogen) atoms. The number of imidazole rings is 1. The first-order valence-electron chi connectivity index (χ1n) is 6.75. The van der Waals surface area contributed by atoms with Crippen LogP contribution < -0.4 is 5.73 Å². The monoisotopic (exact) mass is 319 g/mol. The van der Waals surface area contributed by atoms with Gasteiger partial charge in [0.05, 0.1) is 23.8 Å². The van der Waals surface area contributed by atoms with E-state index in [1.807, 2.05) is 18.6 Å². The van der Waals surface area contributed by atoms with Crippen LogP contribution in [0, 0.1) is 0 Å². The van der Waals surface area contributed by atoms with Crippen LogP contribution in [0.1, 0.15) is 25.7 Å². The summed E-state index contributed by atoms with van der Waals surface area (Å²) in [5.41, 5.74) is 8.47. The van der Waals surface area contributed by atoms with Crippen molar-refractivity contribution in [2.75, 3.05) is 6.54 Å².